The fourth-order valence-electron chi connectivity index (χ4n) is 1.76. The predicted molar refractivity (Wildman–Crippen MR) is 73.8 cm³/mol. The number of fused-ring (bicyclic) bond motifs is 1. The normalized spacial score (nSPS) is 11.4. The summed E-state index contributed by atoms with van der Waals surface area (Å²) in [4.78, 5) is 13.8. The van der Waals surface area contributed by atoms with Crippen LogP contribution in [0.15, 0.2) is 48.0 Å². The molecule has 0 radical (unpaired) electrons. The molecule has 104 valence electrons. The Morgan fingerprint density at radius 2 is 2.10 bits per heavy atom. The summed E-state index contributed by atoms with van der Waals surface area (Å²) in [7, 11) is -4.03. The Morgan fingerprint density at radius 1 is 1.40 bits per heavy atom. The van der Waals surface area contributed by atoms with Gasteiger partial charge in [0.1, 0.15) is 6.20 Å². The molecule has 2 rings (SSSR count). The summed E-state index contributed by atoms with van der Waals surface area (Å²) in [5.41, 5.74) is -0.183. The summed E-state index contributed by atoms with van der Waals surface area (Å²) >= 11 is 0. The van der Waals surface area contributed by atoms with Gasteiger partial charge in [0.15, 0.2) is 4.90 Å². The highest BCUT2D eigenvalue weighted by Crippen LogP contribution is 2.30. The molecule has 0 saturated carbocycles. The lowest BCUT2D eigenvalue weighted by Crippen LogP contribution is -2.24. The second kappa shape index (κ2) is 5.35. The highest BCUT2D eigenvalue weighted by Gasteiger charge is 2.28. The van der Waals surface area contributed by atoms with E-state index in [1.807, 2.05) is 0 Å². The molecule has 0 saturated heterocycles. The molecule has 2 aromatic rings. The maximum atomic E-state index is 12.2. The first-order valence-corrected chi connectivity index (χ1v) is 7.08. The first-order valence-electron chi connectivity index (χ1n) is 5.60. The topological polar surface area (TPSA) is 102 Å². The third-order valence-electron chi connectivity index (χ3n) is 2.59. The van der Waals surface area contributed by atoms with E-state index in [2.05, 4.69) is 16.3 Å². The Balaban J connectivity index is 2.80. The molecule has 1 aromatic carbocycles. The van der Waals surface area contributed by atoms with E-state index in [4.69, 9.17) is 0 Å². The van der Waals surface area contributed by atoms with E-state index in [1.165, 1.54) is 12.1 Å². The summed E-state index contributed by atoms with van der Waals surface area (Å²) in [6.07, 6.45) is 2.30. The number of pyridine rings is 1. The van der Waals surface area contributed by atoms with Crippen LogP contribution in [0, 0.1) is 10.1 Å². The van der Waals surface area contributed by atoms with E-state index >= 15 is 0 Å². The molecule has 0 unspecified atom stereocenters. The first-order chi connectivity index (χ1) is 9.47. The third kappa shape index (κ3) is 2.51. The summed E-state index contributed by atoms with van der Waals surface area (Å²) in [6.45, 7) is 3.39. The second-order valence-electron chi connectivity index (χ2n) is 3.89. The molecule has 0 aliphatic carbocycles. The molecular formula is C12H11N3O4S. The minimum atomic E-state index is -4.03. The maximum Gasteiger partial charge on any atom is 0.308 e. The molecule has 0 spiro atoms. The Bertz CT molecular complexity index is 786. The Morgan fingerprint density at radius 3 is 2.75 bits per heavy atom. The van der Waals surface area contributed by atoms with Gasteiger partial charge in [-0.15, -0.1) is 6.58 Å². The van der Waals surface area contributed by atoms with Crippen molar-refractivity contribution in [2.75, 3.05) is 6.54 Å². The molecule has 1 heterocycles. The van der Waals surface area contributed by atoms with Crippen LogP contribution in [-0.2, 0) is 10.0 Å². The minimum absolute atomic E-state index is 0.0177. The molecule has 1 N–H and O–H groups in total. The van der Waals surface area contributed by atoms with Crippen LogP contribution < -0.4 is 4.72 Å². The van der Waals surface area contributed by atoms with E-state index in [9.17, 15) is 18.5 Å². The van der Waals surface area contributed by atoms with Crippen LogP contribution in [0.4, 0.5) is 5.69 Å². The fourth-order valence-corrected chi connectivity index (χ4v) is 3.11. The summed E-state index contributed by atoms with van der Waals surface area (Å²) in [5, 5.41) is 11.2. The van der Waals surface area contributed by atoms with E-state index in [0.717, 1.165) is 6.20 Å². The van der Waals surface area contributed by atoms with Crippen LogP contribution in [0.2, 0.25) is 0 Å². The van der Waals surface area contributed by atoms with Gasteiger partial charge >= 0.3 is 5.69 Å². The molecule has 0 atom stereocenters. The quantitative estimate of drug-likeness (QED) is 0.512. The van der Waals surface area contributed by atoms with Crippen LogP contribution in [0.25, 0.3) is 10.9 Å². The SMILES string of the molecule is C=CCNS(=O)(=O)c1c([N+](=O)[O-])cnc2ccccc12. The van der Waals surface area contributed by atoms with Crippen molar-refractivity contribution in [3.63, 3.8) is 0 Å². The van der Waals surface area contributed by atoms with Crippen molar-refractivity contribution in [1.29, 1.82) is 0 Å². The van der Waals surface area contributed by atoms with Gasteiger partial charge in [0.25, 0.3) is 0 Å². The average Bonchev–Trinajstić information content (AvgIpc) is 2.43. The highest BCUT2D eigenvalue weighted by atomic mass is 32.2. The molecule has 8 heteroatoms. The monoisotopic (exact) mass is 293 g/mol. The van der Waals surface area contributed by atoms with Crippen molar-refractivity contribution >= 4 is 26.6 Å². The minimum Gasteiger partial charge on any atom is -0.258 e. The van der Waals surface area contributed by atoms with Gasteiger partial charge < -0.3 is 0 Å². The van der Waals surface area contributed by atoms with E-state index < -0.39 is 20.6 Å². The molecule has 1 aromatic heterocycles. The standard InChI is InChI=1S/C12H11N3O4S/c1-2-7-14-20(18,19)12-9-5-3-4-6-10(9)13-8-11(12)15(16)17/h2-6,8,14H,1,7H2. The largest absolute Gasteiger partial charge is 0.308 e. The lowest BCUT2D eigenvalue weighted by atomic mass is 10.2. The van der Waals surface area contributed by atoms with Crippen molar-refractivity contribution in [2.24, 2.45) is 0 Å². The van der Waals surface area contributed by atoms with Gasteiger partial charge in [-0.05, 0) is 6.07 Å². The van der Waals surface area contributed by atoms with E-state index in [0.29, 0.717) is 5.52 Å². The summed E-state index contributed by atoms with van der Waals surface area (Å²) < 4.78 is 26.7. The molecule has 20 heavy (non-hydrogen) atoms. The van der Waals surface area contributed by atoms with Crippen molar-refractivity contribution in [3.8, 4) is 0 Å². The Hall–Kier alpha value is -2.32. The molecule has 0 aliphatic rings. The number of nitro groups is 1. The van der Waals surface area contributed by atoms with E-state index in [1.54, 1.807) is 18.2 Å². The molecule has 7 nitrogen and oxygen atoms in total. The molecule has 0 bridgehead atoms. The molecule has 0 amide bonds. The zero-order chi connectivity index (χ0) is 14.8. The molecule has 0 aliphatic heterocycles. The van der Waals surface area contributed by atoms with Gasteiger partial charge in [-0.2, -0.15) is 0 Å². The number of nitrogens with zero attached hydrogens (tertiary/aromatic N) is 2. The maximum absolute atomic E-state index is 12.2. The fraction of sp³-hybridized carbons (Fsp3) is 0.0833. The third-order valence-corrected chi connectivity index (χ3v) is 4.10. The first kappa shape index (κ1) is 14.1. The molecular weight excluding hydrogens is 282 g/mol. The molecule has 0 fully saturated rings. The van der Waals surface area contributed by atoms with Gasteiger partial charge in [0, 0.05) is 11.9 Å². The lowest BCUT2D eigenvalue weighted by molar-refractivity contribution is -0.387. The van der Waals surface area contributed by atoms with Crippen molar-refractivity contribution in [3.05, 3.63) is 53.2 Å². The van der Waals surface area contributed by atoms with Crippen molar-refractivity contribution in [1.82, 2.24) is 9.71 Å². The average molecular weight is 293 g/mol. The van der Waals surface area contributed by atoms with E-state index in [-0.39, 0.29) is 16.8 Å². The van der Waals surface area contributed by atoms with Crippen LogP contribution in [0.3, 0.4) is 0 Å². The number of hydrogen-bond donors (Lipinski definition) is 1. The number of nitrogens with one attached hydrogen (secondary N) is 1. The smallest absolute Gasteiger partial charge is 0.258 e. The van der Waals surface area contributed by atoms with Crippen molar-refractivity contribution in [2.45, 2.75) is 4.90 Å². The van der Waals surface area contributed by atoms with Crippen LogP contribution in [0.5, 0.6) is 0 Å². The summed E-state index contributed by atoms with van der Waals surface area (Å²) in [5.74, 6) is 0. The van der Waals surface area contributed by atoms with Crippen LogP contribution in [0.1, 0.15) is 0 Å². The lowest BCUT2D eigenvalue weighted by Gasteiger charge is -2.08. The van der Waals surface area contributed by atoms with Gasteiger partial charge in [-0.3, -0.25) is 10.1 Å². The number of sulfonamides is 1. The highest BCUT2D eigenvalue weighted by molar-refractivity contribution is 7.89. The number of hydrogen-bond acceptors (Lipinski definition) is 5. The summed E-state index contributed by atoms with van der Waals surface area (Å²) in [6, 6.07) is 6.35. The second-order valence-corrected chi connectivity index (χ2v) is 5.59. The van der Waals surface area contributed by atoms with Gasteiger partial charge in [-0.1, -0.05) is 24.3 Å². The number of aromatic nitrogens is 1. The van der Waals surface area contributed by atoms with Crippen molar-refractivity contribution < 1.29 is 13.3 Å². The zero-order valence-corrected chi connectivity index (χ0v) is 11.1. The Labute approximate surface area is 115 Å². The number of benzene rings is 1. The zero-order valence-electron chi connectivity index (χ0n) is 10.3. The Kier molecular flexibility index (Phi) is 3.77. The van der Waals surface area contributed by atoms with Gasteiger partial charge in [0.2, 0.25) is 10.0 Å². The van der Waals surface area contributed by atoms with Crippen LogP contribution in [-0.4, -0.2) is 24.9 Å². The van der Waals surface area contributed by atoms with Crippen LogP contribution >= 0.6 is 0 Å². The number of rotatable bonds is 5. The van der Waals surface area contributed by atoms with Gasteiger partial charge in [-0.25, -0.2) is 18.1 Å². The van der Waals surface area contributed by atoms with Gasteiger partial charge in [0.05, 0.1) is 10.4 Å². The number of para-hydroxylation sites is 1. The predicted octanol–water partition coefficient (Wildman–Crippen LogP) is 1.61.